The first-order valence-corrected chi connectivity index (χ1v) is 11.3. The summed E-state index contributed by atoms with van der Waals surface area (Å²) in [5, 5.41) is 0. The summed E-state index contributed by atoms with van der Waals surface area (Å²) < 4.78 is 11.9. The van der Waals surface area contributed by atoms with Gasteiger partial charge in [0.2, 0.25) is 5.78 Å². The lowest BCUT2D eigenvalue weighted by atomic mass is 9.83. The summed E-state index contributed by atoms with van der Waals surface area (Å²) in [4.78, 5) is 26.6. The third kappa shape index (κ3) is 4.92. The summed E-state index contributed by atoms with van der Waals surface area (Å²) in [5.41, 5.74) is 1.57. The highest BCUT2D eigenvalue weighted by Gasteiger charge is 2.34. The molecule has 160 valence electrons. The fourth-order valence-corrected chi connectivity index (χ4v) is 3.84. The van der Waals surface area contributed by atoms with Crippen molar-refractivity contribution in [2.45, 2.75) is 65.2 Å². The summed E-state index contributed by atoms with van der Waals surface area (Å²) in [6.45, 7) is 5.42. The van der Waals surface area contributed by atoms with E-state index in [2.05, 4.69) is 13.8 Å². The van der Waals surface area contributed by atoms with Crippen LogP contribution in [0, 0.1) is 0 Å². The molecule has 0 radical (unpaired) electrons. The molecular weight excluding hydrogens is 376 g/mol. The highest BCUT2D eigenvalue weighted by Crippen LogP contribution is 2.37. The van der Waals surface area contributed by atoms with Crippen LogP contribution in [-0.4, -0.2) is 24.8 Å². The normalized spacial score (nSPS) is 12.5. The zero-order chi connectivity index (χ0) is 21.3. The van der Waals surface area contributed by atoms with E-state index in [4.69, 9.17) is 9.47 Å². The van der Waals surface area contributed by atoms with Crippen molar-refractivity contribution in [3.63, 3.8) is 0 Å². The molecule has 30 heavy (non-hydrogen) atoms. The predicted octanol–water partition coefficient (Wildman–Crippen LogP) is 6.38. The molecule has 0 atom stereocenters. The molecule has 0 amide bonds. The standard InChI is InChI=1S/C26H32O4/c1-3-5-7-9-17-29-21-15-11-13-19-23(21)26(28)24-20(25(19)27)14-12-16-22(24)30-18-10-8-6-4-2/h11-16H,3-10,17-18H2,1-2H3. The highest BCUT2D eigenvalue weighted by molar-refractivity contribution is 6.30. The van der Waals surface area contributed by atoms with Crippen molar-refractivity contribution in [1.29, 1.82) is 0 Å². The second-order valence-corrected chi connectivity index (χ2v) is 7.83. The van der Waals surface area contributed by atoms with Gasteiger partial charge >= 0.3 is 0 Å². The van der Waals surface area contributed by atoms with Crippen molar-refractivity contribution < 1.29 is 19.1 Å². The van der Waals surface area contributed by atoms with E-state index in [9.17, 15) is 9.59 Å². The summed E-state index contributed by atoms with van der Waals surface area (Å²) in [6.07, 6.45) is 8.71. The number of fused-ring (bicyclic) bond motifs is 2. The first-order valence-electron chi connectivity index (χ1n) is 11.3. The predicted molar refractivity (Wildman–Crippen MR) is 119 cm³/mol. The second-order valence-electron chi connectivity index (χ2n) is 7.83. The Morgan fingerprint density at radius 2 is 1.07 bits per heavy atom. The topological polar surface area (TPSA) is 52.6 Å². The molecule has 0 bridgehead atoms. The Balaban J connectivity index is 1.82. The van der Waals surface area contributed by atoms with E-state index in [1.807, 2.05) is 0 Å². The van der Waals surface area contributed by atoms with Crippen molar-refractivity contribution in [3.05, 3.63) is 58.7 Å². The van der Waals surface area contributed by atoms with Gasteiger partial charge in [0.05, 0.1) is 24.3 Å². The van der Waals surface area contributed by atoms with Gasteiger partial charge in [-0.1, -0.05) is 76.6 Å². The van der Waals surface area contributed by atoms with Crippen molar-refractivity contribution >= 4 is 11.6 Å². The highest BCUT2D eigenvalue weighted by atomic mass is 16.5. The third-order valence-electron chi connectivity index (χ3n) is 5.51. The number of hydrogen-bond acceptors (Lipinski definition) is 4. The molecular formula is C26H32O4. The van der Waals surface area contributed by atoms with E-state index in [0.717, 1.165) is 38.5 Å². The van der Waals surface area contributed by atoms with Crippen LogP contribution in [0.4, 0.5) is 0 Å². The maximum atomic E-state index is 13.5. The number of carbonyl (C=O) groups is 2. The molecule has 0 spiro atoms. The lowest BCUT2D eigenvalue weighted by Gasteiger charge is -2.22. The van der Waals surface area contributed by atoms with Gasteiger partial charge in [0, 0.05) is 11.1 Å². The quantitative estimate of drug-likeness (QED) is 0.326. The number of benzene rings is 2. The first kappa shape index (κ1) is 22.1. The second kappa shape index (κ2) is 11.0. The lowest BCUT2D eigenvalue weighted by Crippen LogP contribution is -2.23. The fraction of sp³-hybridized carbons (Fsp3) is 0.462. The van der Waals surface area contributed by atoms with Gasteiger partial charge in [-0.3, -0.25) is 9.59 Å². The number of rotatable bonds is 12. The van der Waals surface area contributed by atoms with E-state index in [0.29, 0.717) is 47.0 Å². The van der Waals surface area contributed by atoms with Gasteiger partial charge in [0.1, 0.15) is 11.5 Å². The molecule has 4 heteroatoms. The Bertz CT molecular complexity index is 815. The molecule has 1 aliphatic carbocycles. The van der Waals surface area contributed by atoms with Crippen LogP contribution in [0.5, 0.6) is 11.5 Å². The van der Waals surface area contributed by atoms with Crippen LogP contribution in [-0.2, 0) is 0 Å². The minimum absolute atomic E-state index is 0.146. The molecule has 2 aromatic carbocycles. The summed E-state index contributed by atoms with van der Waals surface area (Å²) in [7, 11) is 0. The van der Waals surface area contributed by atoms with E-state index in [1.165, 1.54) is 12.8 Å². The molecule has 2 aromatic rings. The van der Waals surface area contributed by atoms with Crippen LogP contribution in [0.2, 0.25) is 0 Å². The Morgan fingerprint density at radius 3 is 1.50 bits per heavy atom. The van der Waals surface area contributed by atoms with E-state index in [-0.39, 0.29) is 11.6 Å². The summed E-state index contributed by atoms with van der Waals surface area (Å²) in [5.74, 6) is 0.650. The third-order valence-corrected chi connectivity index (χ3v) is 5.51. The molecule has 0 aromatic heterocycles. The Hall–Kier alpha value is -2.62. The molecule has 0 N–H and O–H groups in total. The van der Waals surface area contributed by atoms with Crippen molar-refractivity contribution in [1.82, 2.24) is 0 Å². The van der Waals surface area contributed by atoms with E-state index in [1.54, 1.807) is 36.4 Å². The molecule has 0 fully saturated rings. The SMILES string of the molecule is CCCCCCOc1cccc2c1C(=O)c1c(OCCCCCC)cccc1C2=O. The molecule has 0 unspecified atom stereocenters. The Morgan fingerprint density at radius 1 is 0.600 bits per heavy atom. The Labute approximate surface area is 179 Å². The largest absolute Gasteiger partial charge is 0.493 e. The maximum Gasteiger partial charge on any atom is 0.201 e. The lowest BCUT2D eigenvalue weighted by molar-refractivity contribution is 0.0972. The molecule has 1 aliphatic rings. The van der Waals surface area contributed by atoms with E-state index >= 15 is 0 Å². The van der Waals surface area contributed by atoms with E-state index < -0.39 is 0 Å². The monoisotopic (exact) mass is 408 g/mol. The molecule has 0 saturated heterocycles. The van der Waals surface area contributed by atoms with Gasteiger partial charge in [-0.25, -0.2) is 0 Å². The minimum atomic E-state index is -0.187. The summed E-state index contributed by atoms with van der Waals surface area (Å²) in [6, 6.07) is 10.5. The van der Waals surface area contributed by atoms with Crippen LogP contribution in [0.25, 0.3) is 0 Å². The average molecular weight is 409 g/mol. The minimum Gasteiger partial charge on any atom is -0.493 e. The smallest absolute Gasteiger partial charge is 0.201 e. The molecule has 4 nitrogen and oxygen atoms in total. The maximum absolute atomic E-state index is 13.5. The number of hydrogen-bond donors (Lipinski definition) is 0. The van der Waals surface area contributed by atoms with Crippen LogP contribution >= 0.6 is 0 Å². The van der Waals surface area contributed by atoms with Gasteiger partial charge < -0.3 is 9.47 Å². The van der Waals surface area contributed by atoms with Crippen LogP contribution in [0.15, 0.2) is 36.4 Å². The van der Waals surface area contributed by atoms with Crippen LogP contribution < -0.4 is 9.47 Å². The molecule has 3 rings (SSSR count). The average Bonchev–Trinajstić information content (AvgIpc) is 2.77. The van der Waals surface area contributed by atoms with Gasteiger partial charge in [-0.2, -0.15) is 0 Å². The van der Waals surface area contributed by atoms with Crippen LogP contribution in [0.3, 0.4) is 0 Å². The molecule has 0 saturated carbocycles. The fourth-order valence-electron chi connectivity index (χ4n) is 3.84. The van der Waals surface area contributed by atoms with Crippen molar-refractivity contribution in [2.24, 2.45) is 0 Å². The number of ether oxygens (including phenoxy) is 2. The zero-order valence-corrected chi connectivity index (χ0v) is 18.2. The van der Waals surface area contributed by atoms with Crippen LogP contribution in [0.1, 0.15) is 97.1 Å². The number of unbranched alkanes of at least 4 members (excludes halogenated alkanes) is 6. The van der Waals surface area contributed by atoms with Gasteiger partial charge in [-0.15, -0.1) is 0 Å². The van der Waals surface area contributed by atoms with Gasteiger partial charge in [0.25, 0.3) is 0 Å². The Kier molecular flexibility index (Phi) is 8.06. The number of ketones is 2. The zero-order valence-electron chi connectivity index (χ0n) is 18.2. The number of carbonyl (C=O) groups excluding carboxylic acids is 2. The first-order chi connectivity index (χ1) is 14.7. The summed E-state index contributed by atoms with van der Waals surface area (Å²) >= 11 is 0. The van der Waals surface area contributed by atoms with Gasteiger partial charge in [0.15, 0.2) is 5.78 Å². The van der Waals surface area contributed by atoms with Crippen molar-refractivity contribution in [2.75, 3.05) is 13.2 Å². The molecule has 0 aliphatic heterocycles. The van der Waals surface area contributed by atoms with Crippen molar-refractivity contribution in [3.8, 4) is 11.5 Å². The van der Waals surface area contributed by atoms with Gasteiger partial charge in [-0.05, 0) is 25.0 Å². The molecule has 0 heterocycles.